The Balaban J connectivity index is 1.06. The van der Waals surface area contributed by atoms with Crippen LogP contribution < -0.4 is 0 Å². The van der Waals surface area contributed by atoms with Crippen LogP contribution in [0, 0.1) is 20.2 Å². The second-order valence-electron chi connectivity index (χ2n) is 15.1. The minimum absolute atomic E-state index is 0.0307. The number of para-hydroxylation sites is 3. The van der Waals surface area contributed by atoms with Gasteiger partial charge in [0.1, 0.15) is 0 Å². The van der Waals surface area contributed by atoms with Crippen molar-refractivity contribution in [3.05, 3.63) is 214 Å². The van der Waals surface area contributed by atoms with E-state index in [4.69, 9.17) is 9.97 Å². The zero-order chi connectivity index (χ0) is 41.9. The van der Waals surface area contributed by atoms with Crippen molar-refractivity contribution in [3.63, 3.8) is 0 Å². The number of aromatic nitrogens is 4. The summed E-state index contributed by atoms with van der Waals surface area (Å²) in [6.07, 6.45) is 0. The summed E-state index contributed by atoms with van der Waals surface area (Å²) in [5, 5.41) is 27.5. The highest BCUT2D eigenvalue weighted by Crippen LogP contribution is 2.39. The van der Waals surface area contributed by atoms with Crippen molar-refractivity contribution in [3.8, 4) is 56.4 Å². The average Bonchev–Trinajstić information content (AvgIpc) is 3.84. The molecule has 0 radical (unpaired) electrons. The molecule has 294 valence electrons. The van der Waals surface area contributed by atoms with Crippen LogP contribution in [0.3, 0.4) is 0 Å². The number of nitro benzene ring substituents is 2. The molecule has 0 aliphatic rings. The smallest absolute Gasteiger partial charge is 0.269 e. The third kappa shape index (κ3) is 6.13. The molecular formula is C52H32N6O4. The highest BCUT2D eigenvalue weighted by atomic mass is 16.6. The number of fused-ring (bicyclic) bond motifs is 6. The number of nitro groups is 2. The lowest BCUT2D eigenvalue weighted by atomic mass is 10.0. The van der Waals surface area contributed by atoms with Crippen molar-refractivity contribution in [1.82, 2.24) is 19.1 Å². The van der Waals surface area contributed by atoms with Crippen LogP contribution in [0.25, 0.3) is 100 Å². The van der Waals surface area contributed by atoms with E-state index in [1.54, 1.807) is 30.3 Å². The van der Waals surface area contributed by atoms with Crippen LogP contribution in [0.1, 0.15) is 0 Å². The van der Waals surface area contributed by atoms with E-state index in [1.165, 1.54) is 35.0 Å². The van der Waals surface area contributed by atoms with Crippen molar-refractivity contribution in [1.29, 1.82) is 0 Å². The van der Waals surface area contributed by atoms with Gasteiger partial charge in [0.15, 0.2) is 5.82 Å². The zero-order valence-corrected chi connectivity index (χ0v) is 32.8. The third-order valence-electron chi connectivity index (χ3n) is 11.5. The molecule has 0 bridgehead atoms. The van der Waals surface area contributed by atoms with Gasteiger partial charge in [-0.3, -0.25) is 20.2 Å². The summed E-state index contributed by atoms with van der Waals surface area (Å²) in [7, 11) is 0. The molecule has 10 nitrogen and oxygen atoms in total. The normalized spacial score (nSPS) is 11.5. The van der Waals surface area contributed by atoms with Crippen LogP contribution in [0.5, 0.6) is 0 Å². The van der Waals surface area contributed by atoms with Gasteiger partial charge in [-0.15, -0.1) is 0 Å². The fourth-order valence-corrected chi connectivity index (χ4v) is 8.60. The summed E-state index contributed by atoms with van der Waals surface area (Å²) in [5.74, 6) is 0.431. The van der Waals surface area contributed by atoms with E-state index < -0.39 is 9.85 Å². The largest absolute Gasteiger partial charge is 0.309 e. The SMILES string of the molecule is O=[N+]([O-])c1ccc(-c2cc(-c3ccc([N+](=O)[O-])cc3)nc(-c3cccc(-n4c5ccccc5c5ccc(-c6ccc7c(c6)c6ccccc6n7-c6ccccc6)cc54)c3)n2)cc1. The molecule has 10 heteroatoms. The number of hydrogen-bond donors (Lipinski definition) is 0. The quantitative estimate of drug-likeness (QED) is 0.111. The van der Waals surface area contributed by atoms with Gasteiger partial charge in [0.25, 0.3) is 11.4 Å². The Hall–Kier alpha value is -8.76. The summed E-state index contributed by atoms with van der Waals surface area (Å²) in [4.78, 5) is 32.0. The molecule has 0 unspecified atom stereocenters. The third-order valence-corrected chi connectivity index (χ3v) is 11.5. The van der Waals surface area contributed by atoms with Gasteiger partial charge in [-0.1, -0.05) is 84.9 Å². The first-order valence-electron chi connectivity index (χ1n) is 20.0. The summed E-state index contributed by atoms with van der Waals surface area (Å²) in [6.45, 7) is 0. The lowest BCUT2D eigenvalue weighted by Gasteiger charge is -2.13. The molecule has 0 spiro atoms. The first kappa shape index (κ1) is 36.3. The molecule has 0 N–H and O–H groups in total. The minimum atomic E-state index is -0.440. The Morgan fingerprint density at radius 2 is 0.839 bits per heavy atom. The monoisotopic (exact) mass is 804 g/mol. The molecule has 11 aromatic rings. The summed E-state index contributed by atoms with van der Waals surface area (Å²) >= 11 is 0. The first-order valence-corrected chi connectivity index (χ1v) is 20.0. The predicted octanol–water partition coefficient (Wildman–Crippen LogP) is 13.2. The average molecular weight is 805 g/mol. The second-order valence-corrected chi connectivity index (χ2v) is 15.1. The van der Waals surface area contributed by atoms with E-state index in [-0.39, 0.29) is 11.4 Å². The second kappa shape index (κ2) is 14.5. The maximum atomic E-state index is 11.5. The van der Waals surface area contributed by atoms with E-state index >= 15 is 0 Å². The molecule has 62 heavy (non-hydrogen) atoms. The van der Waals surface area contributed by atoms with Crippen LogP contribution in [-0.4, -0.2) is 28.9 Å². The molecule has 0 fully saturated rings. The van der Waals surface area contributed by atoms with E-state index in [9.17, 15) is 20.2 Å². The molecule has 0 saturated heterocycles. The van der Waals surface area contributed by atoms with Gasteiger partial charge in [0, 0.05) is 73.9 Å². The molecule has 11 rings (SSSR count). The van der Waals surface area contributed by atoms with E-state index in [1.807, 2.05) is 24.3 Å². The van der Waals surface area contributed by atoms with Crippen LogP contribution in [0.15, 0.2) is 194 Å². The highest BCUT2D eigenvalue weighted by molar-refractivity contribution is 6.12. The molecule has 0 aliphatic carbocycles. The van der Waals surface area contributed by atoms with Crippen LogP contribution in [0.2, 0.25) is 0 Å². The zero-order valence-electron chi connectivity index (χ0n) is 32.8. The lowest BCUT2D eigenvalue weighted by molar-refractivity contribution is -0.385. The fraction of sp³-hybridized carbons (Fsp3) is 0. The summed E-state index contributed by atoms with van der Waals surface area (Å²) in [5.41, 5.74) is 11.7. The van der Waals surface area contributed by atoms with Gasteiger partial charge in [0.2, 0.25) is 0 Å². The summed E-state index contributed by atoms with van der Waals surface area (Å²) < 4.78 is 4.59. The van der Waals surface area contributed by atoms with Crippen LogP contribution in [-0.2, 0) is 0 Å². The Bertz CT molecular complexity index is 3500. The Morgan fingerprint density at radius 1 is 0.355 bits per heavy atom. The Labute approximate surface area is 353 Å². The Morgan fingerprint density at radius 3 is 1.47 bits per heavy atom. The molecule has 3 aromatic heterocycles. The van der Waals surface area contributed by atoms with Crippen LogP contribution in [0.4, 0.5) is 11.4 Å². The van der Waals surface area contributed by atoms with Crippen molar-refractivity contribution >= 4 is 55.0 Å². The summed E-state index contributed by atoms with van der Waals surface area (Å²) in [6, 6.07) is 63.1. The first-order chi connectivity index (χ1) is 30.4. The number of nitrogens with zero attached hydrogens (tertiary/aromatic N) is 6. The number of rotatable bonds is 8. The van der Waals surface area contributed by atoms with Crippen LogP contribution >= 0.6 is 0 Å². The lowest BCUT2D eigenvalue weighted by Crippen LogP contribution is -1.98. The Kier molecular flexibility index (Phi) is 8.50. The van der Waals surface area contributed by atoms with Gasteiger partial charge in [-0.2, -0.15) is 0 Å². The van der Waals surface area contributed by atoms with Crippen molar-refractivity contribution in [2.24, 2.45) is 0 Å². The van der Waals surface area contributed by atoms with E-state index in [0.717, 1.165) is 60.9 Å². The van der Waals surface area contributed by atoms with Crippen molar-refractivity contribution in [2.45, 2.75) is 0 Å². The molecule has 3 heterocycles. The number of hydrogen-bond acceptors (Lipinski definition) is 6. The van der Waals surface area contributed by atoms with Gasteiger partial charge >= 0.3 is 0 Å². The molecule has 0 saturated carbocycles. The standard InChI is InChI=1S/C52H32N6O4/c59-57(60)39-23-17-33(18-24-39)46-32-47(34-19-25-40(26-20-34)58(61)62)54-52(53-46)37-9-8-12-41(29-37)56-48-15-6-4-13-42(48)44-27-21-36(31-51(44)56)35-22-28-50-45(30-35)43-14-5-7-16-49(43)55(50)38-10-2-1-3-11-38/h1-32H. The topological polar surface area (TPSA) is 122 Å². The molecule has 0 amide bonds. The fourth-order valence-electron chi connectivity index (χ4n) is 8.60. The molecule has 0 atom stereocenters. The maximum absolute atomic E-state index is 11.5. The number of benzene rings is 8. The van der Waals surface area contributed by atoms with Crippen molar-refractivity contribution < 1.29 is 9.85 Å². The van der Waals surface area contributed by atoms with Gasteiger partial charge in [-0.05, 0) is 96.1 Å². The van der Waals surface area contributed by atoms with E-state index in [0.29, 0.717) is 28.3 Å². The maximum Gasteiger partial charge on any atom is 0.269 e. The highest BCUT2D eigenvalue weighted by Gasteiger charge is 2.18. The molecule has 0 aliphatic heterocycles. The minimum Gasteiger partial charge on any atom is -0.309 e. The molecular weight excluding hydrogens is 773 g/mol. The number of non-ortho nitro benzene ring substituents is 2. The molecule has 8 aromatic carbocycles. The van der Waals surface area contributed by atoms with Crippen molar-refractivity contribution in [2.75, 3.05) is 0 Å². The van der Waals surface area contributed by atoms with E-state index in [2.05, 4.69) is 124 Å². The van der Waals surface area contributed by atoms with Gasteiger partial charge < -0.3 is 9.13 Å². The predicted molar refractivity (Wildman–Crippen MR) is 246 cm³/mol. The van der Waals surface area contributed by atoms with Gasteiger partial charge in [0.05, 0.1) is 43.3 Å². The van der Waals surface area contributed by atoms with Gasteiger partial charge in [-0.25, -0.2) is 9.97 Å².